The number of hydrogen-bond donors (Lipinski definition) is 2. The fourth-order valence-corrected chi connectivity index (χ4v) is 5.64. The first kappa shape index (κ1) is 11.8. The lowest BCUT2D eigenvalue weighted by atomic mass is 9.48. The topological polar surface area (TPSA) is 63.8 Å². The average molecular weight is 261 g/mol. The maximum Gasteiger partial charge on any atom is 0.270 e. The zero-order valence-electron chi connectivity index (χ0n) is 11.6. The second-order valence-electron chi connectivity index (χ2n) is 7.23. The van der Waals surface area contributed by atoms with Crippen molar-refractivity contribution in [2.24, 2.45) is 30.5 Å². The van der Waals surface area contributed by atoms with Gasteiger partial charge in [0.25, 0.3) is 5.56 Å². The quantitative estimate of drug-likeness (QED) is 0.850. The van der Waals surface area contributed by atoms with E-state index in [4.69, 9.17) is 5.73 Å². The van der Waals surface area contributed by atoms with E-state index in [1.165, 1.54) is 44.2 Å². The highest BCUT2D eigenvalue weighted by Gasteiger charge is 2.53. The van der Waals surface area contributed by atoms with Crippen molar-refractivity contribution in [1.29, 1.82) is 0 Å². The van der Waals surface area contributed by atoms with Crippen LogP contribution in [0.5, 0.6) is 0 Å². The molecule has 4 aliphatic rings. The van der Waals surface area contributed by atoms with Gasteiger partial charge in [-0.3, -0.25) is 14.6 Å². The monoisotopic (exact) mass is 261 g/mol. The Kier molecular flexibility index (Phi) is 2.32. The first-order valence-corrected chi connectivity index (χ1v) is 7.60. The van der Waals surface area contributed by atoms with Crippen LogP contribution in [-0.2, 0) is 19.0 Å². The molecular formula is C15H23N3O. The molecule has 4 heteroatoms. The molecule has 4 fully saturated rings. The third kappa shape index (κ3) is 1.52. The molecule has 19 heavy (non-hydrogen) atoms. The number of nitrogens with two attached hydrogens (primary N) is 1. The highest BCUT2D eigenvalue weighted by molar-refractivity contribution is 5.30. The molecule has 104 valence electrons. The van der Waals surface area contributed by atoms with E-state index in [9.17, 15) is 4.79 Å². The molecule has 4 bridgehead atoms. The van der Waals surface area contributed by atoms with Gasteiger partial charge in [-0.15, -0.1) is 0 Å². The summed E-state index contributed by atoms with van der Waals surface area (Å²) in [6.45, 7) is 0.368. The molecule has 4 aliphatic carbocycles. The van der Waals surface area contributed by atoms with E-state index < -0.39 is 0 Å². The first-order valence-electron chi connectivity index (χ1n) is 7.60. The Morgan fingerprint density at radius 3 is 2.21 bits per heavy atom. The van der Waals surface area contributed by atoms with Crippen LogP contribution in [0.3, 0.4) is 0 Å². The van der Waals surface area contributed by atoms with Crippen molar-refractivity contribution in [3.05, 3.63) is 21.6 Å². The van der Waals surface area contributed by atoms with E-state index in [-0.39, 0.29) is 11.0 Å². The third-order valence-corrected chi connectivity index (χ3v) is 5.92. The molecule has 1 aromatic heterocycles. The van der Waals surface area contributed by atoms with Crippen LogP contribution in [-0.4, -0.2) is 9.78 Å². The molecule has 0 aliphatic heterocycles. The number of H-pyrrole nitrogens is 1. The Bertz CT molecular complexity index is 533. The SMILES string of the molecule is Cn1[nH]c(C23CC4CC(CC(C4)C2)C3)c(CN)c1=O. The molecule has 0 amide bonds. The maximum absolute atomic E-state index is 12.2. The predicted molar refractivity (Wildman–Crippen MR) is 73.8 cm³/mol. The van der Waals surface area contributed by atoms with Gasteiger partial charge < -0.3 is 5.73 Å². The Labute approximate surface area is 113 Å². The van der Waals surface area contributed by atoms with Gasteiger partial charge >= 0.3 is 0 Å². The van der Waals surface area contributed by atoms with Crippen molar-refractivity contribution in [2.75, 3.05) is 0 Å². The molecule has 5 rings (SSSR count). The van der Waals surface area contributed by atoms with Gasteiger partial charge in [0.2, 0.25) is 0 Å². The summed E-state index contributed by atoms with van der Waals surface area (Å²) in [5.74, 6) is 2.67. The number of nitrogens with one attached hydrogen (secondary N) is 1. The van der Waals surface area contributed by atoms with Gasteiger partial charge in [0.05, 0.1) is 5.56 Å². The van der Waals surface area contributed by atoms with Gasteiger partial charge in [-0.25, -0.2) is 0 Å². The van der Waals surface area contributed by atoms with E-state index >= 15 is 0 Å². The molecule has 4 saturated carbocycles. The lowest BCUT2D eigenvalue weighted by Crippen LogP contribution is -2.49. The Hall–Kier alpha value is -1.03. The van der Waals surface area contributed by atoms with Gasteiger partial charge in [0, 0.05) is 24.7 Å². The normalized spacial score (nSPS) is 40.0. The molecule has 0 atom stereocenters. The van der Waals surface area contributed by atoms with E-state index in [1.54, 1.807) is 4.68 Å². The zero-order chi connectivity index (χ0) is 13.2. The zero-order valence-corrected chi connectivity index (χ0v) is 11.6. The summed E-state index contributed by atoms with van der Waals surface area (Å²) in [6.07, 6.45) is 8.08. The summed E-state index contributed by atoms with van der Waals surface area (Å²) < 4.78 is 1.62. The first-order chi connectivity index (χ1) is 9.11. The highest BCUT2D eigenvalue weighted by Crippen LogP contribution is 2.60. The summed E-state index contributed by atoms with van der Waals surface area (Å²) in [5, 5.41) is 3.35. The predicted octanol–water partition coefficient (Wildman–Crippen LogP) is 1.64. The minimum absolute atomic E-state index is 0.0771. The lowest BCUT2D eigenvalue weighted by Gasteiger charge is -2.56. The molecule has 3 N–H and O–H groups in total. The van der Waals surface area contributed by atoms with E-state index in [2.05, 4.69) is 5.10 Å². The summed E-state index contributed by atoms with van der Waals surface area (Å²) in [6, 6.07) is 0. The van der Waals surface area contributed by atoms with Crippen molar-refractivity contribution < 1.29 is 0 Å². The van der Waals surface area contributed by atoms with Crippen molar-refractivity contribution in [1.82, 2.24) is 9.78 Å². The summed E-state index contributed by atoms with van der Waals surface area (Å²) in [5.41, 5.74) is 8.19. The van der Waals surface area contributed by atoms with Crippen molar-refractivity contribution >= 4 is 0 Å². The highest BCUT2D eigenvalue weighted by atomic mass is 16.1. The van der Waals surface area contributed by atoms with Gasteiger partial charge in [-0.2, -0.15) is 0 Å². The van der Waals surface area contributed by atoms with E-state index in [1.807, 2.05) is 7.05 Å². The molecule has 0 radical (unpaired) electrons. The van der Waals surface area contributed by atoms with Crippen LogP contribution in [0.25, 0.3) is 0 Å². The molecule has 0 spiro atoms. The van der Waals surface area contributed by atoms with E-state index in [0.717, 1.165) is 23.3 Å². The minimum atomic E-state index is 0.0771. The molecular weight excluding hydrogens is 238 g/mol. The fourth-order valence-electron chi connectivity index (χ4n) is 5.64. The standard InChI is InChI=1S/C15H23N3O/c1-18-14(19)12(8-16)13(17-18)15-5-9-2-10(6-15)4-11(3-9)7-15/h9-11,17H,2-8,16H2,1H3. The van der Waals surface area contributed by atoms with Crippen molar-refractivity contribution in [3.8, 4) is 0 Å². The molecule has 4 nitrogen and oxygen atoms in total. The molecule has 1 heterocycles. The van der Waals surface area contributed by atoms with Gasteiger partial charge in [0.15, 0.2) is 0 Å². The molecule has 0 aromatic carbocycles. The van der Waals surface area contributed by atoms with Crippen LogP contribution in [0, 0.1) is 17.8 Å². The van der Waals surface area contributed by atoms with Crippen LogP contribution >= 0.6 is 0 Å². The van der Waals surface area contributed by atoms with Crippen molar-refractivity contribution in [3.63, 3.8) is 0 Å². The van der Waals surface area contributed by atoms with Gasteiger partial charge in [0.1, 0.15) is 0 Å². The Morgan fingerprint density at radius 2 is 1.74 bits per heavy atom. The number of nitrogens with zero attached hydrogens (tertiary/aromatic N) is 1. The second-order valence-corrected chi connectivity index (χ2v) is 7.23. The number of rotatable bonds is 2. The van der Waals surface area contributed by atoms with Crippen LogP contribution in [0.15, 0.2) is 4.79 Å². The third-order valence-electron chi connectivity index (χ3n) is 5.92. The number of hydrogen-bond acceptors (Lipinski definition) is 2. The van der Waals surface area contributed by atoms with Crippen LogP contribution in [0.2, 0.25) is 0 Å². The molecule has 1 aromatic rings. The Morgan fingerprint density at radius 1 is 1.21 bits per heavy atom. The average Bonchev–Trinajstić information content (AvgIpc) is 2.64. The van der Waals surface area contributed by atoms with Gasteiger partial charge in [-0.05, 0) is 56.3 Å². The van der Waals surface area contributed by atoms with Crippen LogP contribution in [0.1, 0.15) is 49.8 Å². The van der Waals surface area contributed by atoms with Crippen LogP contribution in [0.4, 0.5) is 0 Å². The maximum atomic E-state index is 12.2. The minimum Gasteiger partial charge on any atom is -0.326 e. The van der Waals surface area contributed by atoms with Crippen molar-refractivity contribution in [2.45, 2.75) is 50.5 Å². The number of aromatic nitrogens is 2. The largest absolute Gasteiger partial charge is 0.326 e. The summed E-state index contributed by atoms with van der Waals surface area (Å²) in [4.78, 5) is 12.2. The molecule has 0 saturated heterocycles. The fraction of sp³-hybridized carbons (Fsp3) is 0.800. The molecule has 0 unspecified atom stereocenters. The summed E-state index contributed by atoms with van der Waals surface area (Å²) in [7, 11) is 1.81. The Balaban J connectivity index is 1.84. The van der Waals surface area contributed by atoms with E-state index in [0.29, 0.717) is 6.54 Å². The number of aromatic amines is 1. The van der Waals surface area contributed by atoms with Crippen LogP contribution < -0.4 is 11.3 Å². The van der Waals surface area contributed by atoms with Gasteiger partial charge in [-0.1, -0.05) is 0 Å². The summed E-state index contributed by atoms with van der Waals surface area (Å²) >= 11 is 0. The number of aryl methyl sites for hydroxylation is 1. The lowest BCUT2D eigenvalue weighted by molar-refractivity contribution is -0.00780. The smallest absolute Gasteiger partial charge is 0.270 e. The second kappa shape index (κ2) is 3.75.